The van der Waals surface area contributed by atoms with Gasteiger partial charge in [-0.1, -0.05) is 12.2 Å². The molecule has 0 aromatic heterocycles. The van der Waals surface area contributed by atoms with E-state index in [0.717, 1.165) is 0 Å². The molecule has 1 unspecified atom stereocenters. The van der Waals surface area contributed by atoms with Crippen LogP contribution in [0.5, 0.6) is 0 Å². The maximum absolute atomic E-state index is 10.8. The number of allylic oxidation sites excluding steroid dienone is 1. The molecule has 1 fully saturated rings. The fourth-order valence-corrected chi connectivity index (χ4v) is 0.858. The molecule has 1 aliphatic heterocycles. The van der Waals surface area contributed by atoms with Gasteiger partial charge in [-0.3, -0.25) is 10.1 Å². The molecule has 3 amide bonds. The molecule has 60 valence electrons. The van der Waals surface area contributed by atoms with E-state index in [-0.39, 0.29) is 5.91 Å². The van der Waals surface area contributed by atoms with Crippen molar-refractivity contribution in [3.8, 4) is 0 Å². The van der Waals surface area contributed by atoms with Crippen LogP contribution in [0.3, 0.4) is 0 Å². The highest BCUT2D eigenvalue weighted by Crippen LogP contribution is 1.94. The van der Waals surface area contributed by atoms with Crippen LogP contribution in [-0.2, 0) is 4.79 Å². The third kappa shape index (κ3) is 1.94. The van der Waals surface area contributed by atoms with Crippen molar-refractivity contribution in [3.05, 3.63) is 12.2 Å². The molecule has 0 bridgehead atoms. The fourth-order valence-electron chi connectivity index (χ4n) is 0.756. The topological polar surface area (TPSA) is 58.2 Å². The predicted molar refractivity (Wildman–Crippen MR) is 40.3 cm³/mol. The van der Waals surface area contributed by atoms with Crippen LogP contribution in [0.4, 0.5) is 4.79 Å². The Morgan fingerprint density at radius 3 is 2.73 bits per heavy atom. The Balaban J connectivity index is 2.53. The second kappa shape index (κ2) is 3.39. The third-order valence-electron chi connectivity index (χ3n) is 1.22. The third-order valence-corrected chi connectivity index (χ3v) is 1.40. The quantitative estimate of drug-likeness (QED) is 0.352. The monoisotopic (exact) mass is 174 g/mol. The first-order valence-corrected chi connectivity index (χ1v) is 3.61. The number of nitrogens with one attached hydrogen (secondary N) is 2. The number of carbonyl (C=O) groups is 2. The zero-order valence-corrected chi connectivity index (χ0v) is 6.39. The highest BCUT2D eigenvalue weighted by Gasteiger charge is 2.26. The Hall–Kier alpha value is -1.03. The van der Waals surface area contributed by atoms with E-state index in [1.807, 2.05) is 0 Å². The SMILES string of the molecule is O=C1NC(=O)C(C=CCCl)N1. The van der Waals surface area contributed by atoms with Gasteiger partial charge < -0.3 is 5.32 Å². The lowest BCUT2D eigenvalue weighted by molar-refractivity contribution is -0.119. The molecule has 0 radical (unpaired) electrons. The van der Waals surface area contributed by atoms with Gasteiger partial charge in [-0.25, -0.2) is 4.79 Å². The molecule has 0 aliphatic carbocycles. The van der Waals surface area contributed by atoms with Crippen LogP contribution in [0.15, 0.2) is 12.2 Å². The first kappa shape index (κ1) is 8.07. The Morgan fingerprint density at radius 1 is 1.55 bits per heavy atom. The van der Waals surface area contributed by atoms with E-state index >= 15 is 0 Å². The van der Waals surface area contributed by atoms with Crippen molar-refractivity contribution < 1.29 is 9.59 Å². The van der Waals surface area contributed by atoms with Crippen LogP contribution >= 0.6 is 11.6 Å². The molecule has 4 nitrogen and oxygen atoms in total. The van der Waals surface area contributed by atoms with Gasteiger partial charge in [0.2, 0.25) is 0 Å². The minimum absolute atomic E-state index is 0.333. The van der Waals surface area contributed by atoms with Gasteiger partial charge in [0.25, 0.3) is 5.91 Å². The Morgan fingerprint density at radius 2 is 2.27 bits per heavy atom. The molecule has 0 aromatic rings. The summed E-state index contributed by atoms with van der Waals surface area (Å²) in [6, 6.07) is -1.01. The van der Waals surface area contributed by atoms with Crippen molar-refractivity contribution in [2.45, 2.75) is 6.04 Å². The van der Waals surface area contributed by atoms with Crippen LogP contribution < -0.4 is 10.6 Å². The average Bonchev–Trinajstić information content (AvgIpc) is 2.26. The van der Waals surface area contributed by atoms with Gasteiger partial charge in [0, 0.05) is 5.88 Å². The van der Waals surface area contributed by atoms with Gasteiger partial charge in [0.15, 0.2) is 0 Å². The summed E-state index contributed by atoms with van der Waals surface area (Å²) >= 11 is 5.33. The molecule has 1 rings (SSSR count). The molecule has 1 heterocycles. The van der Waals surface area contributed by atoms with Crippen LogP contribution in [0.2, 0.25) is 0 Å². The number of halogens is 1. The van der Waals surface area contributed by atoms with Crippen molar-refractivity contribution in [2.24, 2.45) is 0 Å². The van der Waals surface area contributed by atoms with Crippen molar-refractivity contribution in [2.75, 3.05) is 5.88 Å². The van der Waals surface area contributed by atoms with E-state index in [9.17, 15) is 9.59 Å². The summed E-state index contributed by atoms with van der Waals surface area (Å²) in [4.78, 5) is 21.3. The lowest BCUT2D eigenvalue weighted by Gasteiger charge is -1.96. The zero-order chi connectivity index (χ0) is 8.27. The number of hydrogen-bond donors (Lipinski definition) is 2. The molecule has 0 aromatic carbocycles. The van der Waals surface area contributed by atoms with Crippen LogP contribution in [0, 0.1) is 0 Å². The lowest BCUT2D eigenvalue weighted by Crippen LogP contribution is -2.26. The zero-order valence-electron chi connectivity index (χ0n) is 5.63. The second-order valence-corrected chi connectivity index (χ2v) is 2.33. The maximum Gasteiger partial charge on any atom is 0.322 e. The van der Waals surface area contributed by atoms with Crippen LogP contribution in [0.1, 0.15) is 0 Å². The van der Waals surface area contributed by atoms with Crippen LogP contribution in [0.25, 0.3) is 0 Å². The molecule has 2 N–H and O–H groups in total. The van der Waals surface area contributed by atoms with Gasteiger partial charge in [0.1, 0.15) is 6.04 Å². The van der Waals surface area contributed by atoms with Crippen molar-refractivity contribution in [1.82, 2.24) is 10.6 Å². The smallest absolute Gasteiger partial charge is 0.322 e. The van der Waals surface area contributed by atoms with Gasteiger partial charge >= 0.3 is 6.03 Å². The molecule has 0 spiro atoms. The number of rotatable bonds is 2. The van der Waals surface area contributed by atoms with E-state index in [1.54, 1.807) is 12.2 Å². The average molecular weight is 175 g/mol. The molecular formula is C6H7ClN2O2. The number of imide groups is 1. The summed E-state index contributed by atoms with van der Waals surface area (Å²) < 4.78 is 0. The standard InChI is InChI=1S/C6H7ClN2O2/c7-3-1-2-4-5(10)9-6(11)8-4/h1-2,4H,3H2,(H2,8,9,10,11). The van der Waals surface area contributed by atoms with E-state index in [4.69, 9.17) is 11.6 Å². The number of hydrogen-bond acceptors (Lipinski definition) is 2. The number of urea groups is 1. The number of amides is 3. The normalized spacial score (nSPS) is 23.9. The van der Waals surface area contributed by atoms with Gasteiger partial charge in [-0.05, 0) is 0 Å². The summed E-state index contributed by atoms with van der Waals surface area (Å²) in [5, 5.41) is 4.49. The molecule has 1 atom stereocenters. The highest BCUT2D eigenvalue weighted by atomic mass is 35.5. The van der Waals surface area contributed by atoms with Gasteiger partial charge in [0.05, 0.1) is 0 Å². The Labute approximate surface area is 68.6 Å². The highest BCUT2D eigenvalue weighted by molar-refractivity contribution is 6.19. The summed E-state index contributed by atoms with van der Waals surface area (Å²) in [7, 11) is 0. The van der Waals surface area contributed by atoms with E-state index < -0.39 is 12.1 Å². The van der Waals surface area contributed by atoms with Gasteiger partial charge in [-0.2, -0.15) is 0 Å². The van der Waals surface area contributed by atoms with E-state index in [0.29, 0.717) is 5.88 Å². The minimum atomic E-state index is -0.554. The first-order chi connectivity index (χ1) is 5.24. The molecule has 5 heteroatoms. The van der Waals surface area contributed by atoms with Crippen LogP contribution in [-0.4, -0.2) is 23.9 Å². The molecule has 11 heavy (non-hydrogen) atoms. The summed E-state index contributed by atoms with van der Waals surface area (Å²) in [5.41, 5.74) is 0. The summed E-state index contributed by atoms with van der Waals surface area (Å²) in [5.74, 6) is -0.00371. The fraction of sp³-hybridized carbons (Fsp3) is 0.333. The van der Waals surface area contributed by atoms with Crippen molar-refractivity contribution in [1.29, 1.82) is 0 Å². The van der Waals surface area contributed by atoms with Crippen molar-refractivity contribution >= 4 is 23.5 Å². The number of alkyl halides is 1. The first-order valence-electron chi connectivity index (χ1n) is 3.08. The van der Waals surface area contributed by atoms with Crippen molar-refractivity contribution in [3.63, 3.8) is 0 Å². The van der Waals surface area contributed by atoms with E-state index in [2.05, 4.69) is 10.6 Å². The lowest BCUT2D eigenvalue weighted by atomic mass is 10.3. The largest absolute Gasteiger partial charge is 0.322 e. The molecular weight excluding hydrogens is 168 g/mol. The Kier molecular flexibility index (Phi) is 2.48. The second-order valence-electron chi connectivity index (χ2n) is 2.02. The van der Waals surface area contributed by atoms with E-state index in [1.165, 1.54) is 0 Å². The maximum atomic E-state index is 10.8. The van der Waals surface area contributed by atoms with Gasteiger partial charge in [-0.15, -0.1) is 11.6 Å². The summed E-state index contributed by atoms with van der Waals surface area (Å²) in [6.45, 7) is 0. The predicted octanol–water partition coefficient (Wildman–Crippen LogP) is -0.0106. The number of carbonyl (C=O) groups excluding carboxylic acids is 2. The molecule has 0 saturated carbocycles. The Bertz CT molecular complexity index is 215. The molecule has 1 saturated heterocycles. The summed E-state index contributed by atoms with van der Waals surface area (Å²) in [6.07, 6.45) is 3.16. The molecule has 1 aliphatic rings. The minimum Gasteiger partial charge on any atom is -0.322 e.